The Labute approximate surface area is 54.7 Å². The Morgan fingerprint density at radius 2 is 2.50 bits per heavy atom. The van der Waals surface area contributed by atoms with Gasteiger partial charge in [0.05, 0.1) is 4.99 Å². The van der Waals surface area contributed by atoms with Crippen molar-refractivity contribution in [1.82, 2.24) is 4.90 Å². The quantitative estimate of drug-likeness (QED) is 0.449. The summed E-state index contributed by atoms with van der Waals surface area (Å²) in [5, 5.41) is 0. The summed E-state index contributed by atoms with van der Waals surface area (Å²) in [6.45, 7) is 1.24. The van der Waals surface area contributed by atoms with Gasteiger partial charge in [0.25, 0.3) is 0 Å². The van der Waals surface area contributed by atoms with Crippen LogP contribution in [0.1, 0.15) is 19.3 Å². The first-order valence-corrected chi connectivity index (χ1v) is 3.58. The average molecular weight is 127 g/mol. The lowest BCUT2D eigenvalue weighted by Crippen LogP contribution is -2.46. The molecule has 1 atom stereocenters. The summed E-state index contributed by atoms with van der Waals surface area (Å²) < 4.78 is 0. The summed E-state index contributed by atoms with van der Waals surface area (Å²) >= 11 is 5.05. The SMILES string of the molecule is S=C1CC2CCCN12. The molecule has 2 heteroatoms. The van der Waals surface area contributed by atoms with Crippen LogP contribution in [0.4, 0.5) is 0 Å². The van der Waals surface area contributed by atoms with Gasteiger partial charge >= 0.3 is 0 Å². The van der Waals surface area contributed by atoms with Gasteiger partial charge in [0.2, 0.25) is 0 Å². The maximum Gasteiger partial charge on any atom is 0.0802 e. The topological polar surface area (TPSA) is 3.24 Å². The maximum absolute atomic E-state index is 5.05. The zero-order valence-electron chi connectivity index (χ0n) is 4.76. The monoisotopic (exact) mass is 127 g/mol. The summed E-state index contributed by atoms with van der Waals surface area (Å²) in [5.74, 6) is 0. The van der Waals surface area contributed by atoms with Crippen LogP contribution in [0.5, 0.6) is 0 Å². The molecular weight excluding hydrogens is 118 g/mol. The Morgan fingerprint density at radius 1 is 1.62 bits per heavy atom. The molecule has 2 aliphatic rings. The van der Waals surface area contributed by atoms with Gasteiger partial charge in [0, 0.05) is 19.0 Å². The Kier molecular flexibility index (Phi) is 0.852. The maximum atomic E-state index is 5.05. The van der Waals surface area contributed by atoms with Crippen LogP contribution in [0.15, 0.2) is 0 Å². The molecule has 2 heterocycles. The van der Waals surface area contributed by atoms with E-state index in [1.807, 2.05) is 0 Å². The molecule has 8 heavy (non-hydrogen) atoms. The average Bonchev–Trinajstić information content (AvgIpc) is 2.09. The minimum absolute atomic E-state index is 0.863. The van der Waals surface area contributed by atoms with Gasteiger partial charge in [0.1, 0.15) is 0 Å². The first-order valence-electron chi connectivity index (χ1n) is 3.17. The number of thiocarbonyl (C=S) groups is 1. The van der Waals surface area contributed by atoms with Crippen molar-refractivity contribution in [3.8, 4) is 0 Å². The van der Waals surface area contributed by atoms with E-state index in [-0.39, 0.29) is 0 Å². The van der Waals surface area contributed by atoms with Gasteiger partial charge in [-0.3, -0.25) is 0 Å². The van der Waals surface area contributed by atoms with Crippen molar-refractivity contribution >= 4 is 17.2 Å². The molecule has 0 spiro atoms. The zero-order valence-corrected chi connectivity index (χ0v) is 5.58. The van der Waals surface area contributed by atoms with Crippen LogP contribution in [0, 0.1) is 0 Å². The predicted octanol–water partition coefficient (Wildman–Crippen LogP) is 1.18. The summed E-state index contributed by atoms with van der Waals surface area (Å²) in [4.78, 5) is 3.56. The Morgan fingerprint density at radius 3 is 3.00 bits per heavy atom. The normalized spacial score (nSPS) is 34.8. The molecule has 0 N–H and O–H groups in total. The number of hydrogen-bond acceptors (Lipinski definition) is 1. The Bertz CT molecular complexity index is 132. The fraction of sp³-hybridized carbons (Fsp3) is 0.833. The van der Waals surface area contributed by atoms with Crippen LogP contribution in [0.2, 0.25) is 0 Å². The van der Waals surface area contributed by atoms with Crippen molar-refractivity contribution < 1.29 is 0 Å². The number of fused-ring (bicyclic) bond motifs is 1. The second-order valence-electron chi connectivity index (χ2n) is 2.59. The largest absolute Gasteiger partial charge is 0.363 e. The van der Waals surface area contributed by atoms with Gasteiger partial charge in [-0.15, -0.1) is 0 Å². The molecule has 0 aromatic heterocycles. The predicted molar refractivity (Wildman–Crippen MR) is 36.9 cm³/mol. The third-order valence-corrected chi connectivity index (χ3v) is 2.51. The summed E-state index contributed by atoms with van der Waals surface area (Å²) in [7, 11) is 0. The highest BCUT2D eigenvalue weighted by molar-refractivity contribution is 7.80. The summed E-state index contributed by atoms with van der Waals surface area (Å²) in [6.07, 6.45) is 3.96. The molecule has 2 fully saturated rings. The molecule has 0 radical (unpaired) electrons. The number of hydrogen-bond donors (Lipinski definition) is 0. The molecule has 0 aliphatic carbocycles. The molecule has 1 unspecified atom stereocenters. The van der Waals surface area contributed by atoms with Crippen molar-refractivity contribution in [3.63, 3.8) is 0 Å². The van der Waals surface area contributed by atoms with Crippen LogP contribution in [-0.2, 0) is 0 Å². The molecule has 0 aromatic carbocycles. The highest BCUT2D eigenvalue weighted by Crippen LogP contribution is 2.30. The van der Waals surface area contributed by atoms with Gasteiger partial charge < -0.3 is 4.90 Å². The van der Waals surface area contributed by atoms with E-state index in [9.17, 15) is 0 Å². The second kappa shape index (κ2) is 1.44. The lowest BCUT2D eigenvalue weighted by molar-refractivity contribution is 0.326. The van der Waals surface area contributed by atoms with Crippen LogP contribution in [0.25, 0.3) is 0 Å². The molecule has 0 saturated carbocycles. The Balaban J connectivity index is 2.11. The van der Waals surface area contributed by atoms with E-state index >= 15 is 0 Å². The van der Waals surface area contributed by atoms with Crippen LogP contribution < -0.4 is 0 Å². The van der Waals surface area contributed by atoms with Crippen LogP contribution >= 0.6 is 12.2 Å². The molecule has 44 valence electrons. The van der Waals surface area contributed by atoms with Crippen molar-refractivity contribution in [3.05, 3.63) is 0 Å². The van der Waals surface area contributed by atoms with E-state index in [1.165, 1.54) is 30.8 Å². The van der Waals surface area contributed by atoms with Gasteiger partial charge in [-0.25, -0.2) is 0 Å². The fourth-order valence-electron chi connectivity index (χ4n) is 1.58. The molecule has 2 aliphatic heterocycles. The highest BCUT2D eigenvalue weighted by atomic mass is 32.1. The molecular formula is C6H9NS. The van der Waals surface area contributed by atoms with E-state index in [1.54, 1.807) is 0 Å². The van der Waals surface area contributed by atoms with Gasteiger partial charge in [0.15, 0.2) is 0 Å². The molecule has 0 bridgehead atoms. The van der Waals surface area contributed by atoms with E-state index in [4.69, 9.17) is 12.2 Å². The number of nitrogens with zero attached hydrogens (tertiary/aromatic N) is 1. The van der Waals surface area contributed by atoms with Gasteiger partial charge in [-0.2, -0.15) is 0 Å². The lowest BCUT2D eigenvalue weighted by Gasteiger charge is -2.37. The van der Waals surface area contributed by atoms with Crippen molar-refractivity contribution in [2.24, 2.45) is 0 Å². The highest BCUT2D eigenvalue weighted by Gasteiger charge is 2.35. The molecule has 0 amide bonds. The van der Waals surface area contributed by atoms with Gasteiger partial charge in [-0.05, 0) is 12.8 Å². The fourth-order valence-corrected chi connectivity index (χ4v) is 2.02. The van der Waals surface area contributed by atoms with Crippen LogP contribution in [0.3, 0.4) is 0 Å². The number of rotatable bonds is 0. The molecule has 2 saturated heterocycles. The lowest BCUT2D eigenvalue weighted by atomic mass is 10.1. The van der Waals surface area contributed by atoms with E-state index in [2.05, 4.69) is 4.90 Å². The first-order chi connectivity index (χ1) is 3.88. The molecule has 2 rings (SSSR count). The van der Waals surface area contributed by atoms with Crippen molar-refractivity contribution in [1.29, 1.82) is 0 Å². The molecule has 0 aromatic rings. The standard InChI is InChI=1S/C6H9NS/c8-6-4-5-2-1-3-7(5)6/h5H,1-4H2. The van der Waals surface area contributed by atoms with Gasteiger partial charge in [-0.1, -0.05) is 12.2 Å². The third kappa shape index (κ3) is 0.440. The van der Waals surface area contributed by atoms with Crippen LogP contribution in [-0.4, -0.2) is 22.5 Å². The second-order valence-corrected chi connectivity index (χ2v) is 3.06. The van der Waals surface area contributed by atoms with Crippen molar-refractivity contribution in [2.75, 3.05) is 6.54 Å². The van der Waals surface area contributed by atoms with E-state index in [0.717, 1.165) is 6.04 Å². The van der Waals surface area contributed by atoms with E-state index < -0.39 is 0 Å². The summed E-state index contributed by atoms with van der Waals surface area (Å²) in [5.41, 5.74) is 0. The van der Waals surface area contributed by atoms with E-state index in [0.29, 0.717) is 0 Å². The molecule has 1 nitrogen and oxygen atoms in total. The smallest absolute Gasteiger partial charge is 0.0802 e. The van der Waals surface area contributed by atoms with Crippen molar-refractivity contribution in [2.45, 2.75) is 25.3 Å². The first kappa shape index (κ1) is 4.74. The Hall–Kier alpha value is -0.110. The minimum Gasteiger partial charge on any atom is -0.363 e. The zero-order chi connectivity index (χ0) is 5.56. The summed E-state index contributed by atoms with van der Waals surface area (Å²) in [6, 6.07) is 0.863. The third-order valence-electron chi connectivity index (χ3n) is 2.11. The minimum atomic E-state index is 0.863.